The Bertz CT molecular complexity index is 209. The first-order chi connectivity index (χ1) is 8.08. The van der Waals surface area contributed by atoms with E-state index in [0.717, 1.165) is 29.6 Å². The topological polar surface area (TPSA) is 0 Å². The lowest BCUT2D eigenvalue weighted by Gasteiger charge is -2.33. The molecule has 4 atom stereocenters. The smallest absolute Gasteiger partial charge is 0.0380 e. The Hall–Kier alpha value is 0. The predicted molar refractivity (Wildman–Crippen MR) is 84.8 cm³/mol. The summed E-state index contributed by atoms with van der Waals surface area (Å²) < 4.78 is 0. The molecule has 0 nitrogen and oxygen atoms in total. The molecule has 0 aliphatic carbocycles. The fraction of sp³-hybridized carbons (Fsp3) is 1.00. The molecule has 0 bridgehead atoms. The summed E-state index contributed by atoms with van der Waals surface area (Å²) in [6.45, 7) is 21.6. The summed E-state index contributed by atoms with van der Waals surface area (Å²) in [5.74, 6) is 4.29. The van der Waals surface area contributed by atoms with E-state index in [1.165, 1.54) is 19.3 Å². The van der Waals surface area contributed by atoms with E-state index in [1.807, 2.05) is 0 Å². The zero-order chi connectivity index (χ0) is 14.5. The fourth-order valence-corrected chi connectivity index (χ4v) is 3.17. The van der Waals surface area contributed by atoms with Crippen molar-refractivity contribution in [3.05, 3.63) is 0 Å². The second kappa shape index (κ2) is 7.56. The zero-order valence-corrected chi connectivity index (χ0v) is 14.5. The van der Waals surface area contributed by atoms with E-state index in [4.69, 9.17) is 0 Å². The molecule has 110 valence electrons. The molecule has 4 unspecified atom stereocenters. The van der Waals surface area contributed by atoms with Gasteiger partial charge in [0.2, 0.25) is 0 Å². The molecule has 0 fully saturated rings. The van der Waals surface area contributed by atoms with Crippen molar-refractivity contribution in [3.8, 4) is 0 Å². The van der Waals surface area contributed by atoms with Crippen LogP contribution in [-0.2, 0) is 0 Å². The third kappa shape index (κ3) is 6.81. The van der Waals surface area contributed by atoms with Crippen LogP contribution in [0, 0.1) is 35.0 Å². The highest BCUT2D eigenvalue weighted by atomic mass is 14.3. The van der Waals surface area contributed by atoms with Gasteiger partial charge in [0.05, 0.1) is 0 Å². The van der Waals surface area contributed by atoms with Gasteiger partial charge in [0.15, 0.2) is 0 Å². The molecule has 18 heavy (non-hydrogen) atoms. The Morgan fingerprint density at radius 1 is 0.833 bits per heavy atom. The minimum Gasteiger partial charge on any atom is -0.0651 e. The second-order valence-corrected chi connectivity index (χ2v) is 8.23. The minimum atomic E-state index is 0.471. The Kier molecular flexibility index (Phi) is 7.56. The summed E-state index contributed by atoms with van der Waals surface area (Å²) in [6.07, 6.45) is 4.10. The molecule has 0 heterocycles. The van der Waals surface area contributed by atoms with E-state index < -0.39 is 0 Å². The molecule has 0 spiro atoms. The van der Waals surface area contributed by atoms with Crippen LogP contribution in [0.15, 0.2) is 0 Å². The normalized spacial score (nSPS) is 19.7. The van der Waals surface area contributed by atoms with Gasteiger partial charge in [-0.3, -0.25) is 0 Å². The second-order valence-electron chi connectivity index (χ2n) is 8.23. The van der Waals surface area contributed by atoms with E-state index in [-0.39, 0.29) is 0 Å². The van der Waals surface area contributed by atoms with Gasteiger partial charge in [-0.2, -0.15) is 0 Å². The van der Waals surface area contributed by atoms with Gasteiger partial charge >= 0.3 is 0 Å². The van der Waals surface area contributed by atoms with Crippen LogP contribution in [0.1, 0.15) is 81.6 Å². The highest BCUT2D eigenvalue weighted by molar-refractivity contribution is 4.75. The van der Waals surface area contributed by atoms with Crippen molar-refractivity contribution >= 4 is 0 Å². The van der Waals surface area contributed by atoms with E-state index >= 15 is 0 Å². The van der Waals surface area contributed by atoms with Crippen LogP contribution in [0.4, 0.5) is 0 Å². The van der Waals surface area contributed by atoms with Crippen LogP contribution in [0.25, 0.3) is 0 Å². The fourth-order valence-electron chi connectivity index (χ4n) is 3.17. The molecule has 0 saturated heterocycles. The van der Waals surface area contributed by atoms with E-state index in [1.54, 1.807) is 0 Å². The summed E-state index contributed by atoms with van der Waals surface area (Å²) in [4.78, 5) is 0. The largest absolute Gasteiger partial charge is 0.0651 e. The maximum Gasteiger partial charge on any atom is -0.0380 e. The van der Waals surface area contributed by atoms with Gasteiger partial charge in [-0.25, -0.2) is 0 Å². The van der Waals surface area contributed by atoms with Crippen molar-refractivity contribution in [2.45, 2.75) is 81.6 Å². The molecule has 0 aliphatic heterocycles. The molecule has 0 aliphatic rings. The monoisotopic (exact) mass is 254 g/mol. The molecule has 0 saturated carbocycles. The maximum atomic E-state index is 2.46. The Morgan fingerprint density at radius 2 is 1.33 bits per heavy atom. The van der Waals surface area contributed by atoms with Crippen LogP contribution in [0.5, 0.6) is 0 Å². The lowest BCUT2D eigenvalue weighted by atomic mass is 9.73. The van der Waals surface area contributed by atoms with Crippen LogP contribution in [-0.4, -0.2) is 0 Å². The molecule has 0 aromatic heterocycles. The third-order valence-electron chi connectivity index (χ3n) is 4.90. The number of hydrogen-bond donors (Lipinski definition) is 0. The van der Waals surface area contributed by atoms with Crippen LogP contribution >= 0.6 is 0 Å². The van der Waals surface area contributed by atoms with Crippen molar-refractivity contribution < 1.29 is 0 Å². The Labute approximate surface area is 117 Å². The molecular formula is C18H38. The van der Waals surface area contributed by atoms with Gasteiger partial charge in [0.1, 0.15) is 0 Å². The molecule has 0 heteroatoms. The first-order valence-corrected chi connectivity index (χ1v) is 8.08. The van der Waals surface area contributed by atoms with Gasteiger partial charge in [-0.15, -0.1) is 0 Å². The molecule has 0 radical (unpaired) electrons. The van der Waals surface area contributed by atoms with Crippen molar-refractivity contribution in [3.63, 3.8) is 0 Å². The van der Waals surface area contributed by atoms with E-state index in [9.17, 15) is 0 Å². The predicted octanol–water partition coefficient (Wildman–Crippen LogP) is 6.40. The first kappa shape index (κ1) is 18.0. The maximum absolute atomic E-state index is 2.46. The summed E-state index contributed by atoms with van der Waals surface area (Å²) in [6, 6.07) is 0. The molecule has 0 aromatic carbocycles. The summed E-state index contributed by atoms with van der Waals surface area (Å²) in [5.41, 5.74) is 0.471. The van der Waals surface area contributed by atoms with Crippen molar-refractivity contribution in [1.29, 1.82) is 0 Å². The van der Waals surface area contributed by atoms with Crippen LogP contribution in [0.3, 0.4) is 0 Å². The lowest BCUT2D eigenvalue weighted by Crippen LogP contribution is -2.23. The molecule has 0 amide bonds. The molecule has 0 rings (SSSR count). The number of rotatable bonds is 7. The molecule has 0 aromatic rings. The van der Waals surface area contributed by atoms with Crippen molar-refractivity contribution in [2.75, 3.05) is 0 Å². The standard InChI is InChI=1S/C18H38/c1-10-17(16(6)13(2)3)11-14(4)15(5)12-18(7,8)9/h13-17H,10-12H2,1-9H3. The van der Waals surface area contributed by atoms with Gasteiger partial charge in [0, 0.05) is 0 Å². The van der Waals surface area contributed by atoms with Gasteiger partial charge in [0.25, 0.3) is 0 Å². The van der Waals surface area contributed by atoms with Gasteiger partial charge in [-0.1, -0.05) is 68.7 Å². The van der Waals surface area contributed by atoms with Crippen LogP contribution < -0.4 is 0 Å². The molecule has 0 N–H and O–H groups in total. The highest BCUT2D eigenvalue weighted by Crippen LogP contribution is 2.35. The van der Waals surface area contributed by atoms with Crippen molar-refractivity contribution in [1.82, 2.24) is 0 Å². The van der Waals surface area contributed by atoms with E-state index in [0.29, 0.717) is 5.41 Å². The van der Waals surface area contributed by atoms with Gasteiger partial charge < -0.3 is 0 Å². The third-order valence-corrected chi connectivity index (χ3v) is 4.90. The number of hydrogen-bond acceptors (Lipinski definition) is 0. The average molecular weight is 255 g/mol. The van der Waals surface area contributed by atoms with Crippen LogP contribution in [0.2, 0.25) is 0 Å². The SMILES string of the molecule is CCC(CC(C)C(C)CC(C)(C)C)C(C)C(C)C. The quantitative estimate of drug-likeness (QED) is 0.493. The Morgan fingerprint density at radius 3 is 1.67 bits per heavy atom. The first-order valence-electron chi connectivity index (χ1n) is 8.08. The molecular weight excluding hydrogens is 216 g/mol. The summed E-state index contributed by atoms with van der Waals surface area (Å²) >= 11 is 0. The summed E-state index contributed by atoms with van der Waals surface area (Å²) in [5, 5.41) is 0. The lowest BCUT2D eigenvalue weighted by molar-refractivity contribution is 0.176. The average Bonchev–Trinajstić information content (AvgIpc) is 2.21. The Balaban J connectivity index is 4.38. The van der Waals surface area contributed by atoms with Gasteiger partial charge in [-0.05, 0) is 47.8 Å². The minimum absolute atomic E-state index is 0.471. The highest BCUT2D eigenvalue weighted by Gasteiger charge is 2.25. The van der Waals surface area contributed by atoms with E-state index in [2.05, 4.69) is 62.3 Å². The van der Waals surface area contributed by atoms with Crippen molar-refractivity contribution in [2.24, 2.45) is 35.0 Å². The zero-order valence-electron chi connectivity index (χ0n) is 14.5. The summed E-state index contributed by atoms with van der Waals surface area (Å²) in [7, 11) is 0.